The maximum absolute atomic E-state index is 15.6. The van der Waals surface area contributed by atoms with Gasteiger partial charge in [0.25, 0.3) is 0 Å². The van der Waals surface area contributed by atoms with Crippen molar-refractivity contribution in [1.82, 2.24) is 20.3 Å². The van der Waals surface area contributed by atoms with Crippen molar-refractivity contribution in [2.24, 2.45) is 0 Å². The number of amides is 1. The fraction of sp³-hybridized carbons (Fsp3) is 0.391. The molecular formula is C23H27FN6O4S2. The Labute approximate surface area is 212 Å². The number of nitrogens with one attached hydrogen (secondary N) is 3. The summed E-state index contributed by atoms with van der Waals surface area (Å²) in [6.07, 6.45) is 2.87. The van der Waals surface area contributed by atoms with Gasteiger partial charge in [0.05, 0.1) is 32.7 Å². The third kappa shape index (κ3) is 6.26. The van der Waals surface area contributed by atoms with Crippen molar-refractivity contribution >= 4 is 39.1 Å². The summed E-state index contributed by atoms with van der Waals surface area (Å²) >= 11 is 1.43. The molecule has 1 amide bonds. The van der Waals surface area contributed by atoms with Gasteiger partial charge < -0.3 is 15.7 Å². The van der Waals surface area contributed by atoms with E-state index >= 15 is 4.39 Å². The van der Waals surface area contributed by atoms with Crippen molar-refractivity contribution in [2.45, 2.75) is 45.1 Å². The minimum atomic E-state index is -3.67. The van der Waals surface area contributed by atoms with E-state index in [-0.39, 0.29) is 29.6 Å². The zero-order valence-electron chi connectivity index (χ0n) is 19.8. The molecule has 0 aliphatic heterocycles. The minimum Gasteiger partial charge on any atom is -0.465 e. The van der Waals surface area contributed by atoms with Gasteiger partial charge in [-0.15, -0.1) is 11.3 Å². The summed E-state index contributed by atoms with van der Waals surface area (Å²) in [6.45, 7) is 3.72. The Kier molecular flexibility index (Phi) is 7.69. The van der Waals surface area contributed by atoms with Gasteiger partial charge in [0.1, 0.15) is 0 Å². The molecule has 1 atom stereocenters. The highest BCUT2D eigenvalue weighted by molar-refractivity contribution is 7.92. The summed E-state index contributed by atoms with van der Waals surface area (Å²) in [4.78, 5) is 24.9. The molecule has 4 rings (SSSR count). The third-order valence-electron chi connectivity index (χ3n) is 5.39. The molecule has 0 radical (unpaired) electrons. The van der Waals surface area contributed by atoms with Crippen LogP contribution in [-0.2, 0) is 10.0 Å². The number of sulfonamides is 1. The Morgan fingerprint density at radius 1 is 1.28 bits per heavy atom. The molecule has 10 nitrogen and oxygen atoms in total. The number of benzene rings is 1. The normalized spacial score (nSPS) is 14.3. The average Bonchev–Trinajstić information content (AvgIpc) is 3.57. The summed E-state index contributed by atoms with van der Waals surface area (Å²) < 4.78 is 42.4. The lowest BCUT2D eigenvalue weighted by Crippen LogP contribution is -2.36. The summed E-state index contributed by atoms with van der Waals surface area (Å²) in [5, 5.41) is 15.1. The number of hydrogen-bond donors (Lipinski definition) is 4. The molecule has 2 aromatic heterocycles. The number of rotatable bonds is 11. The second-order valence-corrected chi connectivity index (χ2v) is 11.5. The SMILES string of the molecule is CCCS(=O)(=O)Nc1cccc(-c2nc(C3CC3)sc2-c2ccnc(NCC(C)NC(=O)O)n2)c1F. The average molecular weight is 535 g/mol. The van der Waals surface area contributed by atoms with Crippen molar-refractivity contribution in [3.63, 3.8) is 0 Å². The van der Waals surface area contributed by atoms with Crippen LogP contribution in [0.1, 0.15) is 44.0 Å². The van der Waals surface area contributed by atoms with Crippen molar-refractivity contribution in [3.8, 4) is 21.8 Å². The van der Waals surface area contributed by atoms with Crippen LogP contribution in [0.5, 0.6) is 0 Å². The molecule has 192 valence electrons. The molecule has 1 aromatic carbocycles. The number of halogens is 1. The predicted molar refractivity (Wildman–Crippen MR) is 137 cm³/mol. The van der Waals surface area contributed by atoms with E-state index in [1.54, 1.807) is 38.2 Å². The summed E-state index contributed by atoms with van der Waals surface area (Å²) in [5.41, 5.74) is 0.971. The van der Waals surface area contributed by atoms with E-state index in [1.807, 2.05) is 0 Å². The van der Waals surface area contributed by atoms with Crippen LogP contribution in [0.2, 0.25) is 0 Å². The Morgan fingerprint density at radius 2 is 2.06 bits per heavy atom. The number of thiazole rings is 1. The number of carboxylic acid groups (broad SMARTS) is 1. The van der Waals surface area contributed by atoms with Gasteiger partial charge >= 0.3 is 6.09 Å². The maximum Gasteiger partial charge on any atom is 0.404 e. The van der Waals surface area contributed by atoms with Crippen LogP contribution in [0.4, 0.5) is 20.8 Å². The molecule has 1 fully saturated rings. The first-order valence-electron chi connectivity index (χ1n) is 11.5. The van der Waals surface area contributed by atoms with E-state index in [0.717, 1.165) is 17.8 Å². The molecule has 4 N–H and O–H groups in total. The first-order valence-corrected chi connectivity index (χ1v) is 14.0. The van der Waals surface area contributed by atoms with Crippen LogP contribution in [-0.4, -0.2) is 52.9 Å². The second-order valence-electron chi connectivity index (χ2n) is 8.59. The zero-order chi connectivity index (χ0) is 25.9. The van der Waals surface area contributed by atoms with Gasteiger partial charge in [0.2, 0.25) is 16.0 Å². The van der Waals surface area contributed by atoms with Gasteiger partial charge in [-0.2, -0.15) is 0 Å². The standard InChI is InChI=1S/C23H27FN6O4S2/c1-3-11-36(33,34)30-16-6-4-5-15(18(16)24)19-20(35-21(29-19)14-7-8-14)17-9-10-25-22(28-17)26-12-13(2)27-23(31)32/h4-6,9-10,13-14,27,30H,3,7-8,11-12H2,1-2H3,(H,31,32)(H,25,26,28). The second kappa shape index (κ2) is 10.7. The third-order valence-corrected chi connectivity index (χ3v) is 8.10. The van der Waals surface area contributed by atoms with Crippen LogP contribution in [0, 0.1) is 5.82 Å². The first kappa shape index (κ1) is 25.8. The van der Waals surface area contributed by atoms with Gasteiger partial charge in [-0.1, -0.05) is 13.0 Å². The van der Waals surface area contributed by atoms with Crippen LogP contribution < -0.4 is 15.4 Å². The summed E-state index contributed by atoms with van der Waals surface area (Å²) in [5.74, 6) is -0.200. The van der Waals surface area contributed by atoms with E-state index in [9.17, 15) is 13.2 Å². The molecule has 1 unspecified atom stereocenters. The number of nitrogens with zero attached hydrogens (tertiary/aromatic N) is 3. The van der Waals surface area contributed by atoms with E-state index in [2.05, 4.69) is 25.3 Å². The lowest BCUT2D eigenvalue weighted by Gasteiger charge is -2.13. The summed E-state index contributed by atoms with van der Waals surface area (Å²) in [7, 11) is -3.67. The van der Waals surface area contributed by atoms with Gasteiger partial charge in [0.15, 0.2) is 5.82 Å². The topological polar surface area (TPSA) is 146 Å². The Hall–Kier alpha value is -3.32. The smallest absolute Gasteiger partial charge is 0.404 e. The fourth-order valence-electron chi connectivity index (χ4n) is 3.56. The quantitative estimate of drug-likeness (QED) is 0.281. The molecule has 0 spiro atoms. The first-order chi connectivity index (χ1) is 17.2. The predicted octanol–water partition coefficient (Wildman–Crippen LogP) is 4.50. The Balaban J connectivity index is 1.68. The highest BCUT2D eigenvalue weighted by atomic mass is 32.2. The highest BCUT2D eigenvalue weighted by Gasteiger charge is 2.30. The van der Waals surface area contributed by atoms with Crippen molar-refractivity contribution in [3.05, 3.63) is 41.3 Å². The number of anilines is 2. The van der Waals surface area contributed by atoms with Gasteiger partial charge in [0, 0.05) is 30.3 Å². The van der Waals surface area contributed by atoms with Crippen LogP contribution >= 0.6 is 11.3 Å². The van der Waals surface area contributed by atoms with E-state index in [1.165, 1.54) is 17.4 Å². The number of hydrogen-bond acceptors (Lipinski definition) is 8. The molecule has 0 bridgehead atoms. The van der Waals surface area contributed by atoms with Gasteiger partial charge in [-0.3, -0.25) is 4.72 Å². The number of aromatic nitrogens is 3. The molecule has 1 saturated carbocycles. The molecule has 1 aliphatic carbocycles. The largest absolute Gasteiger partial charge is 0.465 e. The Morgan fingerprint density at radius 3 is 2.75 bits per heavy atom. The van der Waals surface area contributed by atoms with Gasteiger partial charge in [-0.05, 0) is 44.4 Å². The van der Waals surface area contributed by atoms with Gasteiger partial charge in [-0.25, -0.2) is 32.6 Å². The van der Waals surface area contributed by atoms with Crippen LogP contribution in [0.3, 0.4) is 0 Å². The van der Waals surface area contributed by atoms with E-state index in [4.69, 9.17) is 10.1 Å². The van der Waals surface area contributed by atoms with Crippen molar-refractivity contribution in [2.75, 3.05) is 22.3 Å². The molecule has 13 heteroatoms. The highest BCUT2D eigenvalue weighted by Crippen LogP contribution is 2.47. The lowest BCUT2D eigenvalue weighted by atomic mass is 10.1. The van der Waals surface area contributed by atoms with Crippen LogP contribution in [0.25, 0.3) is 21.8 Å². The monoisotopic (exact) mass is 534 g/mol. The lowest BCUT2D eigenvalue weighted by molar-refractivity contribution is 0.191. The van der Waals surface area contributed by atoms with Crippen LogP contribution in [0.15, 0.2) is 30.5 Å². The van der Waals surface area contributed by atoms with Crippen molar-refractivity contribution in [1.29, 1.82) is 0 Å². The molecule has 3 aromatic rings. The van der Waals surface area contributed by atoms with Crippen molar-refractivity contribution < 1.29 is 22.7 Å². The fourth-order valence-corrected chi connectivity index (χ4v) is 5.91. The van der Waals surface area contributed by atoms with E-state index < -0.39 is 21.9 Å². The Bertz CT molecular complexity index is 1360. The maximum atomic E-state index is 15.6. The number of carbonyl (C=O) groups is 1. The minimum absolute atomic E-state index is 0.109. The zero-order valence-corrected chi connectivity index (χ0v) is 21.4. The van der Waals surface area contributed by atoms with E-state index in [0.29, 0.717) is 34.6 Å². The molecule has 2 heterocycles. The molecule has 0 saturated heterocycles. The molecule has 36 heavy (non-hydrogen) atoms. The molecular weight excluding hydrogens is 507 g/mol. The summed E-state index contributed by atoms with van der Waals surface area (Å²) in [6, 6.07) is 5.87. The molecule has 1 aliphatic rings.